The van der Waals surface area contributed by atoms with E-state index in [1.807, 2.05) is 0 Å². The van der Waals surface area contributed by atoms with Crippen molar-refractivity contribution >= 4 is 12.0 Å². The van der Waals surface area contributed by atoms with Crippen LogP contribution in [0, 0.1) is 5.41 Å². The van der Waals surface area contributed by atoms with Crippen LogP contribution >= 0.6 is 0 Å². The lowest BCUT2D eigenvalue weighted by Gasteiger charge is -2.41. The van der Waals surface area contributed by atoms with Crippen molar-refractivity contribution in [3.63, 3.8) is 0 Å². The molecular weight excluding hydrogens is 260 g/mol. The van der Waals surface area contributed by atoms with Gasteiger partial charge in [-0.25, -0.2) is 9.59 Å². The average Bonchev–Trinajstić information content (AvgIpc) is 2.46. The van der Waals surface area contributed by atoms with Gasteiger partial charge in [0.1, 0.15) is 6.04 Å². The highest BCUT2D eigenvalue weighted by atomic mass is 16.4. The summed E-state index contributed by atoms with van der Waals surface area (Å²) >= 11 is 0. The smallest absolute Gasteiger partial charge is 0.326 e. The van der Waals surface area contributed by atoms with Crippen LogP contribution in [0.25, 0.3) is 0 Å². The first-order chi connectivity index (χ1) is 9.48. The number of carbonyl (C=O) groups is 2. The van der Waals surface area contributed by atoms with Crippen molar-refractivity contribution in [3.05, 3.63) is 0 Å². The van der Waals surface area contributed by atoms with Crippen LogP contribution in [0.3, 0.4) is 0 Å². The van der Waals surface area contributed by atoms with Crippen LogP contribution in [0.4, 0.5) is 4.79 Å². The van der Waals surface area contributed by atoms with Gasteiger partial charge in [-0.2, -0.15) is 0 Å². The van der Waals surface area contributed by atoms with E-state index in [2.05, 4.69) is 19.2 Å². The minimum Gasteiger partial charge on any atom is -0.480 e. The zero-order valence-electron chi connectivity index (χ0n) is 12.4. The van der Waals surface area contributed by atoms with E-state index in [-0.39, 0.29) is 19.1 Å². The summed E-state index contributed by atoms with van der Waals surface area (Å²) in [4.78, 5) is 24.7. The summed E-state index contributed by atoms with van der Waals surface area (Å²) in [6, 6.07) is -1.36. The Kier molecular flexibility index (Phi) is 6.26. The molecule has 0 spiro atoms. The van der Waals surface area contributed by atoms with Crippen LogP contribution in [-0.4, -0.2) is 52.9 Å². The van der Waals surface area contributed by atoms with E-state index in [1.54, 1.807) is 4.90 Å². The fourth-order valence-electron chi connectivity index (χ4n) is 2.77. The number of carbonyl (C=O) groups excluding carboxylic acids is 1. The fraction of sp³-hybridized carbons (Fsp3) is 0.857. The van der Waals surface area contributed by atoms with Gasteiger partial charge in [0.15, 0.2) is 0 Å². The third-order valence-corrected chi connectivity index (χ3v) is 4.62. The summed E-state index contributed by atoms with van der Waals surface area (Å²) < 4.78 is 0. The molecule has 1 heterocycles. The number of carboxylic acids is 1. The number of urea groups is 1. The van der Waals surface area contributed by atoms with Gasteiger partial charge in [-0.1, -0.05) is 26.7 Å². The molecule has 1 atom stereocenters. The first-order valence-corrected chi connectivity index (χ1v) is 7.37. The Morgan fingerprint density at radius 3 is 2.20 bits per heavy atom. The maximum atomic E-state index is 12.0. The van der Waals surface area contributed by atoms with Crippen LogP contribution < -0.4 is 5.32 Å². The van der Waals surface area contributed by atoms with Gasteiger partial charge in [0, 0.05) is 26.1 Å². The van der Waals surface area contributed by atoms with Gasteiger partial charge in [0.25, 0.3) is 0 Å². The Bertz CT molecular complexity index is 332. The first-order valence-electron chi connectivity index (χ1n) is 7.37. The Morgan fingerprint density at radius 1 is 1.25 bits per heavy atom. The summed E-state index contributed by atoms with van der Waals surface area (Å²) in [5.41, 5.74) is 0.327. The van der Waals surface area contributed by atoms with Crippen molar-refractivity contribution in [3.8, 4) is 0 Å². The minimum atomic E-state index is -1.11. The standard InChI is InChI=1S/C14H26N2O4/c1-3-14(4-2)6-8-16(9-7-14)13(20)15-11(5-10-17)12(18)19/h11,17H,3-10H2,1-2H3,(H,15,20)(H,18,19). The van der Waals surface area contributed by atoms with E-state index in [0.29, 0.717) is 18.5 Å². The summed E-state index contributed by atoms with van der Waals surface area (Å²) in [6.45, 7) is 5.44. The number of nitrogens with zero attached hydrogens (tertiary/aromatic N) is 1. The lowest BCUT2D eigenvalue weighted by Crippen LogP contribution is -2.51. The van der Waals surface area contributed by atoms with Crippen molar-refractivity contribution in [1.29, 1.82) is 0 Å². The molecule has 116 valence electrons. The molecule has 1 fully saturated rings. The Labute approximate surface area is 120 Å². The van der Waals surface area contributed by atoms with Crippen LogP contribution in [0.1, 0.15) is 46.0 Å². The second-order valence-electron chi connectivity index (χ2n) is 5.55. The number of hydrogen-bond donors (Lipinski definition) is 3. The maximum absolute atomic E-state index is 12.0. The molecule has 6 nitrogen and oxygen atoms in total. The second kappa shape index (κ2) is 7.47. The Hall–Kier alpha value is -1.30. The van der Waals surface area contributed by atoms with Gasteiger partial charge >= 0.3 is 12.0 Å². The van der Waals surface area contributed by atoms with Crippen LogP contribution in [0.2, 0.25) is 0 Å². The van der Waals surface area contributed by atoms with E-state index in [4.69, 9.17) is 10.2 Å². The molecular formula is C14H26N2O4. The molecule has 0 aromatic heterocycles. The number of aliphatic carboxylic acids is 1. The zero-order valence-corrected chi connectivity index (χ0v) is 12.4. The fourth-order valence-corrected chi connectivity index (χ4v) is 2.77. The van der Waals surface area contributed by atoms with Gasteiger partial charge in [0.05, 0.1) is 0 Å². The monoisotopic (exact) mass is 286 g/mol. The molecule has 2 amide bonds. The molecule has 1 saturated heterocycles. The molecule has 0 aliphatic carbocycles. The predicted octanol–water partition coefficient (Wildman–Crippen LogP) is 1.43. The number of carboxylic acid groups (broad SMARTS) is 1. The molecule has 1 rings (SSSR count). The van der Waals surface area contributed by atoms with Crippen LogP contribution in [0.15, 0.2) is 0 Å². The van der Waals surface area contributed by atoms with Gasteiger partial charge in [-0.3, -0.25) is 0 Å². The molecule has 0 aromatic rings. The molecule has 0 aromatic carbocycles. The van der Waals surface area contributed by atoms with Crippen molar-refractivity contribution in [2.75, 3.05) is 19.7 Å². The number of aliphatic hydroxyl groups is 1. The molecule has 1 aliphatic rings. The van der Waals surface area contributed by atoms with E-state index in [9.17, 15) is 9.59 Å². The van der Waals surface area contributed by atoms with Gasteiger partial charge in [-0.05, 0) is 18.3 Å². The topological polar surface area (TPSA) is 89.9 Å². The normalized spacial score (nSPS) is 19.4. The predicted molar refractivity (Wildman–Crippen MR) is 75.5 cm³/mol. The van der Waals surface area contributed by atoms with Crippen LogP contribution in [0.5, 0.6) is 0 Å². The van der Waals surface area contributed by atoms with E-state index in [0.717, 1.165) is 25.7 Å². The van der Waals surface area contributed by atoms with Crippen LogP contribution in [-0.2, 0) is 4.79 Å². The Balaban J connectivity index is 2.52. The lowest BCUT2D eigenvalue weighted by molar-refractivity contribution is -0.139. The molecule has 20 heavy (non-hydrogen) atoms. The van der Waals surface area contributed by atoms with Crippen molar-refractivity contribution in [2.45, 2.75) is 52.0 Å². The number of rotatable bonds is 6. The van der Waals surface area contributed by atoms with Crippen molar-refractivity contribution in [1.82, 2.24) is 10.2 Å². The number of hydrogen-bond acceptors (Lipinski definition) is 3. The summed E-state index contributed by atoms with van der Waals surface area (Å²) in [7, 11) is 0. The maximum Gasteiger partial charge on any atom is 0.326 e. The molecule has 0 saturated carbocycles. The lowest BCUT2D eigenvalue weighted by atomic mass is 9.74. The van der Waals surface area contributed by atoms with E-state index >= 15 is 0 Å². The average molecular weight is 286 g/mol. The third-order valence-electron chi connectivity index (χ3n) is 4.62. The highest BCUT2D eigenvalue weighted by Gasteiger charge is 2.33. The number of piperidine rings is 1. The molecule has 6 heteroatoms. The highest BCUT2D eigenvalue weighted by Crippen LogP contribution is 2.37. The van der Waals surface area contributed by atoms with E-state index < -0.39 is 12.0 Å². The van der Waals surface area contributed by atoms with Gasteiger partial charge < -0.3 is 20.4 Å². The highest BCUT2D eigenvalue weighted by molar-refractivity contribution is 5.82. The minimum absolute atomic E-state index is 0.0305. The molecule has 1 unspecified atom stereocenters. The first kappa shape index (κ1) is 16.8. The molecule has 0 radical (unpaired) electrons. The van der Waals surface area contributed by atoms with Gasteiger partial charge in [0.2, 0.25) is 0 Å². The number of likely N-dealkylation sites (tertiary alicyclic amines) is 1. The number of aliphatic hydroxyl groups excluding tert-OH is 1. The molecule has 0 bridgehead atoms. The quantitative estimate of drug-likeness (QED) is 0.689. The summed E-state index contributed by atoms with van der Waals surface area (Å²) in [6.07, 6.45) is 4.18. The van der Waals surface area contributed by atoms with Crippen molar-refractivity contribution in [2.24, 2.45) is 5.41 Å². The summed E-state index contributed by atoms with van der Waals surface area (Å²) in [5.74, 6) is -1.11. The zero-order chi connectivity index (χ0) is 15.2. The summed E-state index contributed by atoms with van der Waals surface area (Å²) in [5, 5.41) is 20.3. The number of nitrogens with one attached hydrogen (secondary N) is 1. The number of amides is 2. The third kappa shape index (κ3) is 4.10. The second-order valence-corrected chi connectivity index (χ2v) is 5.55. The molecule has 3 N–H and O–H groups in total. The Morgan fingerprint density at radius 2 is 1.80 bits per heavy atom. The van der Waals surface area contributed by atoms with E-state index in [1.165, 1.54) is 0 Å². The molecule has 1 aliphatic heterocycles. The van der Waals surface area contributed by atoms with Crippen molar-refractivity contribution < 1.29 is 19.8 Å². The largest absolute Gasteiger partial charge is 0.480 e. The SMILES string of the molecule is CCC1(CC)CCN(C(=O)NC(CCO)C(=O)O)CC1. The van der Waals surface area contributed by atoms with Gasteiger partial charge in [-0.15, -0.1) is 0 Å².